The molecule has 0 spiro atoms. The van der Waals surface area contributed by atoms with Crippen molar-refractivity contribution in [2.45, 2.75) is 32.3 Å². The molecule has 19 heavy (non-hydrogen) atoms. The SMILES string of the molecule is CC(C)(C)OC(=O)n1c(CCl)cc2ccc(Br)cc21. The largest absolute Gasteiger partial charge is 0.443 e. The predicted octanol–water partition coefficient (Wildman–Crippen LogP) is 4.93. The summed E-state index contributed by atoms with van der Waals surface area (Å²) in [6, 6.07) is 7.66. The quantitative estimate of drug-likeness (QED) is 0.687. The number of aromatic nitrogens is 1. The number of carbonyl (C=O) groups excluding carboxylic acids is 1. The van der Waals surface area contributed by atoms with Crippen molar-refractivity contribution in [2.75, 3.05) is 0 Å². The van der Waals surface area contributed by atoms with Gasteiger partial charge in [0.25, 0.3) is 0 Å². The fourth-order valence-electron chi connectivity index (χ4n) is 1.85. The lowest BCUT2D eigenvalue weighted by atomic mass is 10.2. The minimum atomic E-state index is -0.538. The fraction of sp³-hybridized carbons (Fsp3) is 0.357. The maximum atomic E-state index is 12.3. The lowest BCUT2D eigenvalue weighted by Gasteiger charge is -2.20. The van der Waals surface area contributed by atoms with Gasteiger partial charge in [0.05, 0.1) is 11.4 Å². The number of benzene rings is 1. The van der Waals surface area contributed by atoms with Crippen LogP contribution in [0.25, 0.3) is 10.9 Å². The van der Waals surface area contributed by atoms with Crippen LogP contribution in [0.1, 0.15) is 26.5 Å². The van der Waals surface area contributed by atoms with Gasteiger partial charge in [0, 0.05) is 15.6 Å². The zero-order valence-electron chi connectivity index (χ0n) is 11.0. The third-order valence-corrected chi connectivity index (χ3v) is 3.32. The van der Waals surface area contributed by atoms with Crippen LogP contribution >= 0.6 is 27.5 Å². The summed E-state index contributed by atoms with van der Waals surface area (Å²) in [6.45, 7) is 5.52. The highest BCUT2D eigenvalue weighted by atomic mass is 79.9. The Labute approximate surface area is 125 Å². The number of nitrogens with zero attached hydrogens (tertiary/aromatic N) is 1. The van der Waals surface area contributed by atoms with Crippen LogP contribution in [0, 0.1) is 0 Å². The number of alkyl halides is 1. The predicted molar refractivity (Wildman–Crippen MR) is 80.8 cm³/mol. The summed E-state index contributed by atoms with van der Waals surface area (Å²) in [5, 5.41) is 0.963. The van der Waals surface area contributed by atoms with Gasteiger partial charge < -0.3 is 4.74 Å². The standard InChI is InChI=1S/C14H15BrClNO2/c1-14(2,3)19-13(18)17-11(8-16)6-9-4-5-10(15)7-12(9)17/h4-7H,8H2,1-3H3. The van der Waals surface area contributed by atoms with Gasteiger partial charge in [0.2, 0.25) is 0 Å². The van der Waals surface area contributed by atoms with Crippen LogP contribution in [0.15, 0.2) is 28.7 Å². The first-order chi connectivity index (χ1) is 8.81. The van der Waals surface area contributed by atoms with E-state index in [1.54, 1.807) is 0 Å². The molecule has 2 aromatic rings. The van der Waals surface area contributed by atoms with Crippen molar-refractivity contribution < 1.29 is 9.53 Å². The highest BCUT2D eigenvalue weighted by Gasteiger charge is 2.21. The molecule has 0 unspecified atom stereocenters. The van der Waals surface area contributed by atoms with E-state index in [2.05, 4.69) is 15.9 Å². The molecule has 0 amide bonds. The number of carbonyl (C=O) groups is 1. The number of fused-ring (bicyclic) bond motifs is 1. The Morgan fingerprint density at radius 1 is 1.37 bits per heavy atom. The first kappa shape index (κ1) is 14.4. The first-order valence-corrected chi connectivity index (χ1v) is 7.24. The van der Waals surface area contributed by atoms with Crippen molar-refractivity contribution in [3.63, 3.8) is 0 Å². The van der Waals surface area contributed by atoms with Gasteiger partial charge in [0.1, 0.15) is 5.60 Å². The van der Waals surface area contributed by atoms with E-state index in [-0.39, 0.29) is 5.88 Å². The first-order valence-electron chi connectivity index (χ1n) is 5.91. The zero-order valence-corrected chi connectivity index (χ0v) is 13.4. The van der Waals surface area contributed by atoms with Crippen molar-refractivity contribution in [1.82, 2.24) is 4.57 Å². The molecule has 3 nitrogen and oxygen atoms in total. The van der Waals surface area contributed by atoms with Gasteiger partial charge in [-0.1, -0.05) is 22.0 Å². The van der Waals surface area contributed by atoms with Crippen LogP contribution < -0.4 is 0 Å². The molecule has 0 aliphatic heterocycles. The van der Waals surface area contributed by atoms with Gasteiger partial charge in [0.15, 0.2) is 0 Å². The fourth-order valence-corrected chi connectivity index (χ4v) is 2.40. The average molecular weight is 345 g/mol. The van der Waals surface area contributed by atoms with Crippen LogP contribution in [0.4, 0.5) is 4.79 Å². The Morgan fingerprint density at radius 3 is 2.63 bits per heavy atom. The summed E-state index contributed by atoms with van der Waals surface area (Å²) in [5.41, 5.74) is 0.979. The topological polar surface area (TPSA) is 31.2 Å². The second kappa shape index (κ2) is 5.17. The minimum absolute atomic E-state index is 0.255. The van der Waals surface area contributed by atoms with Gasteiger partial charge in [-0.3, -0.25) is 0 Å². The Hall–Kier alpha value is -1.00. The van der Waals surface area contributed by atoms with E-state index in [4.69, 9.17) is 16.3 Å². The minimum Gasteiger partial charge on any atom is -0.443 e. The summed E-state index contributed by atoms with van der Waals surface area (Å²) >= 11 is 9.33. The molecule has 2 rings (SSSR count). The number of ether oxygens (including phenoxy) is 1. The van der Waals surface area contributed by atoms with Gasteiger partial charge in [-0.15, -0.1) is 11.6 Å². The highest BCUT2D eigenvalue weighted by molar-refractivity contribution is 9.10. The number of hydrogen-bond donors (Lipinski definition) is 0. The second-order valence-electron chi connectivity index (χ2n) is 5.29. The molecule has 0 N–H and O–H groups in total. The molecule has 0 bridgehead atoms. The number of hydrogen-bond acceptors (Lipinski definition) is 2. The van der Waals surface area contributed by atoms with Gasteiger partial charge in [-0.2, -0.15) is 0 Å². The lowest BCUT2D eigenvalue weighted by molar-refractivity contribution is 0.0541. The van der Waals surface area contributed by atoms with E-state index in [1.807, 2.05) is 45.0 Å². The smallest absolute Gasteiger partial charge is 0.419 e. The molecule has 1 aromatic carbocycles. The Balaban J connectivity index is 2.56. The Bertz CT molecular complexity index is 628. The lowest BCUT2D eigenvalue weighted by Crippen LogP contribution is -2.27. The summed E-state index contributed by atoms with van der Waals surface area (Å²) in [6.07, 6.45) is -0.406. The number of rotatable bonds is 1. The molecular weight excluding hydrogens is 330 g/mol. The molecule has 0 radical (unpaired) electrons. The molecule has 0 aliphatic carbocycles. The van der Waals surface area contributed by atoms with E-state index in [0.717, 1.165) is 21.1 Å². The number of halogens is 2. The maximum absolute atomic E-state index is 12.3. The van der Waals surface area contributed by atoms with E-state index in [0.29, 0.717) is 0 Å². The van der Waals surface area contributed by atoms with Crippen molar-refractivity contribution in [3.05, 3.63) is 34.4 Å². The van der Waals surface area contributed by atoms with E-state index in [1.165, 1.54) is 4.57 Å². The third kappa shape index (κ3) is 3.12. The molecule has 0 saturated carbocycles. The average Bonchev–Trinajstić information content (AvgIpc) is 2.64. The molecule has 0 saturated heterocycles. The van der Waals surface area contributed by atoms with E-state index in [9.17, 15) is 4.79 Å². The summed E-state index contributed by atoms with van der Waals surface area (Å²) in [4.78, 5) is 12.3. The summed E-state index contributed by atoms with van der Waals surface area (Å²) in [5.74, 6) is 0.255. The molecule has 0 fully saturated rings. The van der Waals surface area contributed by atoms with Crippen LogP contribution in [-0.4, -0.2) is 16.3 Å². The van der Waals surface area contributed by atoms with Gasteiger partial charge in [-0.05, 0) is 39.0 Å². The van der Waals surface area contributed by atoms with Crippen molar-refractivity contribution in [3.8, 4) is 0 Å². The van der Waals surface area contributed by atoms with Crippen LogP contribution in [0.3, 0.4) is 0 Å². The molecule has 1 aromatic heterocycles. The van der Waals surface area contributed by atoms with Crippen molar-refractivity contribution in [2.24, 2.45) is 0 Å². The maximum Gasteiger partial charge on any atom is 0.419 e. The highest BCUT2D eigenvalue weighted by Crippen LogP contribution is 2.26. The Kier molecular flexibility index (Phi) is 3.92. The summed E-state index contributed by atoms with van der Waals surface area (Å²) < 4.78 is 7.86. The van der Waals surface area contributed by atoms with Crippen molar-refractivity contribution in [1.29, 1.82) is 0 Å². The molecule has 1 heterocycles. The van der Waals surface area contributed by atoms with Gasteiger partial charge in [-0.25, -0.2) is 9.36 Å². The second-order valence-corrected chi connectivity index (χ2v) is 6.47. The Morgan fingerprint density at radius 2 is 2.05 bits per heavy atom. The molecule has 0 atom stereocenters. The third-order valence-electron chi connectivity index (χ3n) is 2.56. The van der Waals surface area contributed by atoms with Crippen LogP contribution in [0.2, 0.25) is 0 Å². The monoisotopic (exact) mass is 343 g/mol. The van der Waals surface area contributed by atoms with E-state index < -0.39 is 11.7 Å². The zero-order chi connectivity index (χ0) is 14.2. The molecular formula is C14H15BrClNO2. The normalized spacial score (nSPS) is 11.8. The van der Waals surface area contributed by atoms with Crippen LogP contribution in [-0.2, 0) is 10.6 Å². The van der Waals surface area contributed by atoms with Gasteiger partial charge >= 0.3 is 6.09 Å². The molecule has 5 heteroatoms. The van der Waals surface area contributed by atoms with Crippen molar-refractivity contribution >= 4 is 44.5 Å². The molecule has 0 aliphatic rings. The van der Waals surface area contributed by atoms with Crippen LogP contribution in [0.5, 0.6) is 0 Å². The van der Waals surface area contributed by atoms with E-state index >= 15 is 0 Å². The summed E-state index contributed by atoms with van der Waals surface area (Å²) in [7, 11) is 0. The molecule has 102 valence electrons.